The average molecular weight is 391 g/mol. The molecule has 0 saturated carbocycles. The van der Waals surface area contributed by atoms with Crippen molar-refractivity contribution in [1.82, 2.24) is 5.32 Å². The second kappa shape index (κ2) is 9.68. The van der Waals surface area contributed by atoms with Crippen LogP contribution in [-0.4, -0.2) is 35.8 Å². The third-order valence-corrected chi connectivity index (χ3v) is 4.90. The molecule has 1 heterocycles. The molecule has 150 valence electrons. The van der Waals surface area contributed by atoms with Crippen LogP contribution >= 0.6 is 0 Å². The van der Waals surface area contributed by atoms with Crippen molar-refractivity contribution >= 4 is 29.4 Å². The number of hydrogen-bond donors (Lipinski definition) is 3. The summed E-state index contributed by atoms with van der Waals surface area (Å²) < 4.78 is 0. The summed E-state index contributed by atoms with van der Waals surface area (Å²) in [4.78, 5) is 26.1. The van der Waals surface area contributed by atoms with Gasteiger partial charge in [0.25, 0.3) is 5.91 Å². The molecule has 0 unspecified atom stereocenters. The molecule has 1 aromatic carbocycles. The number of aliphatic carboxylic acids is 1. The van der Waals surface area contributed by atoms with E-state index in [9.17, 15) is 9.59 Å². The lowest BCUT2D eigenvalue weighted by atomic mass is 10.1. The minimum atomic E-state index is -1.44. The maximum Gasteiger partial charge on any atom is 0.354 e. The highest BCUT2D eigenvalue weighted by molar-refractivity contribution is 6.47. The maximum absolute atomic E-state index is 12.5. The zero-order chi connectivity index (χ0) is 20.6. The molecule has 1 aliphatic heterocycles. The van der Waals surface area contributed by atoms with Crippen molar-refractivity contribution in [1.29, 1.82) is 5.41 Å². The summed E-state index contributed by atoms with van der Waals surface area (Å²) >= 11 is 0. The monoisotopic (exact) mass is 391 g/mol. The highest BCUT2D eigenvalue weighted by atomic mass is 16.4. The van der Waals surface area contributed by atoms with Gasteiger partial charge in [0.05, 0.1) is 5.57 Å². The van der Waals surface area contributed by atoms with Gasteiger partial charge in [-0.05, 0) is 55.5 Å². The molecule has 1 amide bonds. The number of nitrogens with zero attached hydrogens (tertiary/aromatic N) is 1. The molecule has 3 rings (SSSR count). The van der Waals surface area contributed by atoms with Crippen LogP contribution in [0.3, 0.4) is 0 Å². The second-order valence-corrected chi connectivity index (χ2v) is 7.00. The van der Waals surface area contributed by atoms with E-state index in [-0.39, 0.29) is 5.57 Å². The number of anilines is 1. The van der Waals surface area contributed by atoms with Crippen molar-refractivity contribution in [3.8, 4) is 0 Å². The zero-order valence-corrected chi connectivity index (χ0v) is 16.2. The van der Waals surface area contributed by atoms with E-state index in [1.165, 1.54) is 24.6 Å². The molecular weight excluding hydrogens is 366 g/mol. The maximum atomic E-state index is 12.5. The Bertz CT molecular complexity index is 902. The van der Waals surface area contributed by atoms with Gasteiger partial charge in [0.15, 0.2) is 5.71 Å². The normalized spacial score (nSPS) is 16.8. The first-order valence-electron chi connectivity index (χ1n) is 9.78. The molecule has 0 atom stereocenters. The third-order valence-electron chi connectivity index (χ3n) is 4.90. The summed E-state index contributed by atoms with van der Waals surface area (Å²) in [5, 5.41) is 19.6. The SMILES string of the molecule is N=C(C(=O)O)/C(=C/C=C/c1ccc(N2CCCC2)cc1)C(=O)NC1=CCCC=C1. The minimum absolute atomic E-state index is 0.192. The van der Waals surface area contributed by atoms with E-state index in [4.69, 9.17) is 10.5 Å². The largest absolute Gasteiger partial charge is 0.477 e. The van der Waals surface area contributed by atoms with E-state index in [0.717, 1.165) is 31.5 Å². The smallest absolute Gasteiger partial charge is 0.354 e. The van der Waals surface area contributed by atoms with Gasteiger partial charge in [-0.2, -0.15) is 0 Å². The van der Waals surface area contributed by atoms with E-state index < -0.39 is 17.6 Å². The fraction of sp³-hybridized carbons (Fsp3) is 0.261. The van der Waals surface area contributed by atoms with Crippen molar-refractivity contribution in [2.75, 3.05) is 18.0 Å². The minimum Gasteiger partial charge on any atom is -0.477 e. The lowest BCUT2D eigenvalue weighted by Crippen LogP contribution is -2.30. The molecule has 29 heavy (non-hydrogen) atoms. The first kappa shape index (κ1) is 20.3. The number of carboxylic acid groups (broad SMARTS) is 1. The number of amides is 1. The van der Waals surface area contributed by atoms with Gasteiger partial charge in [-0.25, -0.2) is 4.79 Å². The van der Waals surface area contributed by atoms with Crippen molar-refractivity contribution in [3.63, 3.8) is 0 Å². The molecular formula is C23H25N3O3. The number of carbonyl (C=O) groups excluding carboxylic acids is 1. The Kier molecular flexibility index (Phi) is 6.79. The van der Waals surface area contributed by atoms with Crippen LogP contribution in [0.4, 0.5) is 5.69 Å². The van der Waals surface area contributed by atoms with Crippen molar-refractivity contribution < 1.29 is 14.7 Å². The fourth-order valence-corrected chi connectivity index (χ4v) is 3.32. The fourth-order valence-electron chi connectivity index (χ4n) is 3.32. The highest BCUT2D eigenvalue weighted by Crippen LogP contribution is 2.20. The van der Waals surface area contributed by atoms with Gasteiger partial charge < -0.3 is 15.3 Å². The Morgan fingerprint density at radius 2 is 1.83 bits per heavy atom. The Balaban J connectivity index is 1.72. The molecule has 1 aliphatic carbocycles. The van der Waals surface area contributed by atoms with E-state index in [0.29, 0.717) is 5.70 Å². The van der Waals surface area contributed by atoms with E-state index in [2.05, 4.69) is 22.3 Å². The quantitative estimate of drug-likeness (QED) is 0.375. The molecule has 1 fully saturated rings. The van der Waals surface area contributed by atoms with Gasteiger partial charge in [0.2, 0.25) is 0 Å². The Morgan fingerprint density at radius 3 is 2.45 bits per heavy atom. The van der Waals surface area contributed by atoms with Gasteiger partial charge in [0.1, 0.15) is 0 Å². The molecule has 2 aliphatic rings. The van der Waals surface area contributed by atoms with E-state index in [1.54, 1.807) is 18.2 Å². The second-order valence-electron chi connectivity index (χ2n) is 7.00. The van der Waals surface area contributed by atoms with Crippen molar-refractivity contribution in [2.24, 2.45) is 0 Å². The van der Waals surface area contributed by atoms with E-state index >= 15 is 0 Å². The predicted octanol–water partition coefficient (Wildman–Crippen LogP) is 3.68. The van der Waals surface area contributed by atoms with Gasteiger partial charge in [-0.15, -0.1) is 0 Å². The number of rotatable bonds is 7. The summed E-state index contributed by atoms with van der Waals surface area (Å²) in [5.41, 5.74) is 1.81. The molecule has 6 nitrogen and oxygen atoms in total. The molecule has 0 bridgehead atoms. The van der Waals surface area contributed by atoms with Crippen LogP contribution in [0.2, 0.25) is 0 Å². The summed E-state index contributed by atoms with van der Waals surface area (Å²) in [6.45, 7) is 2.17. The number of carboxylic acids is 1. The third kappa shape index (κ3) is 5.54. The van der Waals surface area contributed by atoms with Crippen LogP contribution in [-0.2, 0) is 9.59 Å². The first-order chi connectivity index (χ1) is 14.0. The molecule has 0 aromatic heterocycles. The highest BCUT2D eigenvalue weighted by Gasteiger charge is 2.20. The Hall–Kier alpha value is -3.41. The predicted molar refractivity (Wildman–Crippen MR) is 115 cm³/mol. The van der Waals surface area contributed by atoms with Crippen molar-refractivity contribution in [2.45, 2.75) is 25.7 Å². The average Bonchev–Trinajstić information content (AvgIpc) is 3.26. The lowest BCUT2D eigenvalue weighted by molar-refractivity contribution is -0.129. The van der Waals surface area contributed by atoms with Gasteiger partial charge >= 0.3 is 5.97 Å². The van der Waals surface area contributed by atoms with Crippen LogP contribution in [0, 0.1) is 5.41 Å². The molecule has 6 heteroatoms. The Morgan fingerprint density at radius 1 is 1.10 bits per heavy atom. The van der Waals surface area contributed by atoms with Crippen LogP contribution < -0.4 is 10.2 Å². The van der Waals surface area contributed by atoms with Gasteiger partial charge in [0, 0.05) is 24.5 Å². The topological polar surface area (TPSA) is 93.5 Å². The molecule has 3 N–H and O–H groups in total. The summed E-state index contributed by atoms with van der Waals surface area (Å²) in [7, 11) is 0. The standard InChI is InChI=1S/C23H25N3O3/c24-21(23(28)29)20(22(27)25-18-8-2-1-3-9-18)10-6-7-17-11-13-19(14-12-17)26-15-4-5-16-26/h2,6-14,24H,1,3-5,15-16H2,(H,25,27)(H,28,29)/b7-6+,20-10-,24-21?. The molecule has 1 saturated heterocycles. The summed E-state index contributed by atoms with van der Waals surface area (Å²) in [5.74, 6) is -2.05. The zero-order valence-electron chi connectivity index (χ0n) is 16.2. The summed E-state index contributed by atoms with van der Waals surface area (Å²) in [6.07, 6.45) is 14.5. The number of nitrogens with one attached hydrogen (secondary N) is 2. The molecule has 1 aromatic rings. The Labute approximate surface area is 170 Å². The van der Waals surface area contributed by atoms with Gasteiger partial charge in [-0.1, -0.05) is 36.4 Å². The molecule has 0 spiro atoms. The van der Waals surface area contributed by atoms with E-state index in [1.807, 2.05) is 24.3 Å². The van der Waals surface area contributed by atoms with Crippen LogP contribution in [0.25, 0.3) is 6.08 Å². The van der Waals surface area contributed by atoms with Crippen LogP contribution in [0.5, 0.6) is 0 Å². The number of benzene rings is 1. The number of carbonyl (C=O) groups is 2. The first-order valence-corrected chi connectivity index (χ1v) is 9.78. The number of allylic oxidation sites excluding steroid dienone is 5. The molecule has 0 radical (unpaired) electrons. The summed E-state index contributed by atoms with van der Waals surface area (Å²) in [6, 6.07) is 8.09. The van der Waals surface area contributed by atoms with Crippen molar-refractivity contribution in [3.05, 3.63) is 71.5 Å². The van der Waals surface area contributed by atoms with Crippen LogP contribution in [0.15, 0.2) is 65.9 Å². The number of hydrogen-bond acceptors (Lipinski definition) is 4. The van der Waals surface area contributed by atoms with Crippen LogP contribution in [0.1, 0.15) is 31.2 Å². The van der Waals surface area contributed by atoms with Gasteiger partial charge in [-0.3, -0.25) is 10.2 Å². The lowest BCUT2D eigenvalue weighted by Gasteiger charge is -2.17.